The molecule has 17 heavy (non-hydrogen) atoms. The molecule has 0 aromatic heterocycles. The molecule has 0 spiro atoms. The Kier molecular flexibility index (Phi) is 5.96. The van der Waals surface area contributed by atoms with Crippen LogP contribution in [-0.4, -0.2) is 5.78 Å². The fourth-order valence-electron chi connectivity index (χ4n) is 2.07. The topological polar surface area (TPSA) is 17.1 Å². The Morgan fingerprint density at radius 2 is 1.76 bits per heavy atom. The molecule has 0 fully saturated rings. The lowest BCUT2D eigenvalue weighted by Crippen LogP contribution is -2.10. The zero-order valence-corrected chi connectivity index (χ0v) is 11.3. The van der Waals surface area contributed by atoms with Crippen LogP contribution in [0.3, 0.4) is 0 Å². The van der Waals surface area contributed by atoms with Gasteiger partial charge in [0.1, 0.15) is 0 Å². The second-order valence-electron chi connectivity index (χ2n) is 4.85. The lowest BCUT2D eigenvalue weighted by molar-refractivity contribution is 0.0923. The van der Waals surface area contributed by atoms with Crippen LogP contribution in [0.15, 0.2) is 24.3 Å². The maximum absolute atomic E-state index is 12.1. The first-order chi connectivity index (χ1) is 8.19. The highest BCUT2D eigenvalue weighted by molar-refractivity contribution is 5.97. The van der Waals surface area contributed by atoms with Crippen LogP contribution in [0, 0.1) is 5.92 Å². The number of hydrogen-bond donors (Lipinski definition) is 0. The number of carbonyl (C=O) groups excluding carboxylic acids is 1. The molecule has 0 saturated carbocycles. The van der Waals surface area contributed by atoms with Gasteiger partial charge in [0.2, 0.25) is 0 Å². The molecule has 0 saturated heterocycles. The van der Waals surface area contributed by atoms with Gasteiger partial charge in [-0.05, 0) is 24.8 Å². The normalized spacial score (nSPS) is 12.4. The molecule has 0 N–H and O–H groups in total. The van der Waals surface area contributed by atoms with Crippen LogP contribution >= 0.6 is 0 Å². The van der Waals surface area contributed by atoms with E-state index in [4.69, 9.17) is 0 Å². The van der Waals surface area contributed by atoms with Crippen LogP contribution in [0.25, 0.3) is 0 Å². The number of Topliss-reactive ketones (excluding diaryl/α,β-unsaturated/α-hetero) is 1. The quantitative estimate of drug-likeness (QED) is 0.625. The average Bonchev–Trinajstić information content (AvgIpc) is 2.36. The monoisotopic (exact) mass is 232 g/mol. The summed E-state index contributed by atoms with van der Waals surface area (Å²) in [6, 6.07) is 8.17. The Bertz CT molecular complexity index is 337. The minimum Gasteiger partial charge on any atom is -0.294 e. The van der Waals surface area contributed by atoms with E-state index in [2.05, 4.69) is 26.0 Å². The lowest BCUT2D eigenvalue weighted by Gasteiger charge is -2.09. The summed E-state index contributed by atoms with van der Waals surface area (Å²) < 4.78 is 0. The van der Waals surface area contributed by atoms with Crippen LogP contribution in [0.5, 0.6) is 0 Å². The predicted octanol–water partition coefficient (Wildman–Crippen LogP) is 4.65. The summed E-state index contributed by atoms with van der Waals surface area (Å²) >= 11 is 0. The molecule has 0 heterocycles. The van der Waals surface area contributed by atoms with Crippen molar-refractivity contribution in [2.45, 2.75) is 52.9 Å². The molecule has 1 unspecified atom stereocenters. The third kappa shape index (κ3) is 4.33. The fraction of sp³-hybridized carbons (Fsp3) is 0.562. The second kappa shape index (κ2) is 7.26. The van der Waals surface area contributed by atoms with Crippen molar-refractivity contribution >= 4 is 5.78 Å². The molecule has 0 bridgehead atoms. The molecule has 1 aromatic carbocycles. The summed E-state index contributed by atoms with van der Waals surface area (Å²) in [7, 11) is 0. The van der Waals surface area contributed by atoms with Gasteiger partial charge in [-0.2, -0.15) is 0 Å². The summed E-state index contributed by atoms with van der Waals surface area (Å²) in [6.45, 7) is 6.35. The van der Waals surface area contributed by atoms with Gasteiger partial charge in [0.15, 0.2) is 5.78 Å². The Morgan fingerprint density at radius 1 is 1.12 bits per heavy atom. The van der Waals surface area contributed by atoms with Crippen molar-refractivity contribution in [2.75, 3.05) is 0 Å². The number of hydrogen-bond acceptors (Lipinski definition) is 1. The Morgan fingerprint density at radius 3 is 2.29 bits per heavy atom. The molecule has 1 heteroatoms. The van der Waals surface area contributed by atoms with Gasteiger partial charge in [-0.3, -0.25) is 4.79 Å². The molecule has 0 aliphatic heterocycles. The van der Waals surface area contributed by atoms with Gasteiger partial charge in [-0.25, -0.2) is 0 Å². The second-order valence-corrected chi connectivity index (χ2v) is 4.85. The van der Waals surface area contributed by atoms with Crippen LogP contribution in [-0.2, 0) is 6.42 Å². The van der Waals surface area contributed by atoms with E-state index in [9.17, 15) is 4.79 Å². The van der Waals surface area contributed by atoms with Crippen molar-refractivity contribution in [3.8, 4) is 0 Å². The van der Waals surface area contributed by atoms with Crippen LogP contribution in [0.1, 0.15) is 62.4 Å². The molecule has 0 radical (unpaired) electrons. The predicted molar refractivity (Wildman–Crippen MR) is 73.5 cm³/mol. The first-order valence-corrected chi connectivity index (χ1v) is 6.82. The molecule has 1 nitrogen and oxygen atoms in total. The minimum absolute atomic E-state index is 0.154. The third-order valence-electron chi connectivity index (χ3n) is 3.23. The Labute approximate surface area is 105 Å². The van der Waals surface area contributed by atoms with Crippen molar-refractivity contribution < 1.29 is 4.79 Å². The molecule has 0 aliphatic carbocycles. The van der Waals surface area contributed by atoms with Crippen LogP contribution in [0.4, 0.5) is 0 Å². The molecule has 1 atom stereocenters. The van der Waals surface area contributed by atoms with Gasteiger partial charge in [0.05, 0.1) is 0 Å². The highest BCUT2D eigenvalue weighted by atomic mass is 16.1. The minimum atomic E-state index is 0.154. The Balaban J connectivity index is 2.63. The smallest absolute Gasteiger partial charge is 0.165 e. The first-order valence-electron chi connectivity index (χ1n) is 6.82. The van der Waals surface area contributed by atoms with Crippen molar-refractivity contribution in [2.24, 2.45) is 5.92 Å². The largest absolute Gasteiger partial charge is 0.294 e. The van der Waals surface area contributed by atoms with Gasteiger partial charge >= 0.3 is 0 Å². The van der Waals surface area contributed by atoms with E-state index in [0.29, 0.717) is 0 Å². The van der Waals surface area contributed by atoms with E-state index < -0.39 is 0 Å². The molecule has 94 valence electrons. The standard InChI is InChI=1S/C16H24O/c1-4-6-8-14-9-11-15(12-10-14)16(17)13(3)7-5-2/h9-13H,4-8H2,1-3H3. The average molecular weight is 232 g/mol. The molecule has 0 aliphatic rings. The molecular formula is C16H24O. The fourth-order valence-corrected chi connectivity index (χ4v) is 2.07. The molecule has 0 amide bonds. The highest BCUT2D eigenvalue weighted by Crippen LogP contribution is 2.15. The van der Waals surface area contributed by atoms with Crippen molar-refractivity contribution in [1.29, 1.82) is 0 Å². The number of benzene rings is 1. The lowest BCUT2D eigenvalue weighted by atomic mass is 9.94. The van der Waals surface area contributed by atoms with E-state index in [-0.39, 0.29) is 11.7 Å². The van der Waals surface area contributed by atoms with Crippen molar-refractivity contribution in [3.63, 3.8) is 0 Å². The summed E-state index contributed by atoms with van der Waals surface area (Å²) in [5.74, 6) is 0.440. The van der Waals surface area contributed by atoms with Crippen molar-refractivity contribution in [3.05, 3.63) is 35.4 Å². The Hall–Kier alpha value is -1.11. The molecular weight excluding hydrogens is 208 g/mol. The molecule has 1 rings (SSSR count). The van der Waals surface area contributed by atoms with E-state index in [1.54, 1.807) is 0 Å². The maximum atomic E-state index is 12.1. The summed E-state index contributed by atoms with van der Waals surface area (Å²) in [5, 5.41) is 0. The van der Waals surface area contributed by atoms with E-state index >= 15 is 0 Å². The number of rotatable bonds is 7. The van der Waals surface area contributed by atoms with Gasteiger partial charge in [-0.1, -0.05) is 57.9 Å². The first kappa shape index (κ1) is 14.0. The SMILES string of the molecule is CCCCc1ccc(C(=O)C(C)CCC)cc1. The zero-order chi connectivity index (χ0) is 12.7. The summed E-state index contributed by atoms with van der Waals surface area (Å²) in [4.78, 5) is 12.1. The number of ketones is 1. The maximum Gasteiger partial charge on any atom is 0.165 e. The van der Waals surface area contributed by atoms with Crippen LogP contribution in [0.2, 0.25) is 0 Å². The summed E-state index contributed by atoms with van der Waals surface area (Å²) in [6.07, 6.45) is 5.61. The van der Waals surface area contributed by atoms with E-state index in [1.807, 2.05) is 19.1 Å². The number of unbranched alkanes of at least 4 members (excludes halogenated alkanes) is 1. The number of carbonyl (C=O) groups is 1. The van der Waals surface area contributed by atoms with Crippen molar-refractivity contribution in [1.82, 2.24) is 0 Å². The molecule has 1 aromatic rings. The van der Waals surface area contributed by atoms with Gasteiger partial charge < -0.3 is 0 Å². The van der Waals surface area contributed by atoms with Gasteiger partial charge in [0.25, 0.3) is 0 Å². The van der Waals surface area contributed by atoms with E-state index in [0.717, 1.165) is 24.8 Å². The third-order valence-corrected chi connectivity index (χ3v) is 3.23. The van der Waals surface area contributed by atoms with E-state index in [1.165, 1.54) is 18.4 Å². The summed E-state index contributed by atoms with van der Waals surface area (Å²) in [5.41, 5.74) is 2.21. The van der Waals surface area contributed by atoms with Crippen LogP contribution < -0.4 is 0 Å². The van der Waals surface area contributed by atoms with Gasteiger partial charge in [0, 0.05) is 11.5 Å². The zero-order valence-electron chi connectivity index (χ0n) is 11.3. The highest BCUT2D eigenvalue weighted by Gasteiger charge is 2.13. The number of aryl methyl sites for hydroxylation is 1. The van der Waals surface area contributed by atoms with Gasteiger partial charge in [-0.15, -0.1) is 0 Å².